The number of benzene rings is 1. The lowest BCUT2D eigenvalue weighted by atomic mass is 9.83. The maximum Gasteiger partial charge on any atom is 0.229 e. The van der Waals surface area contributed by atoms with Crippen molar-refractivity contribution >= 4 is 0 Å². The van der Waals surface area contributed by atoms with E-state index in [1.807, 2.05) is 13.8 Å². The molecule has 6 heteroatoms. The van der Waals surface area contributed by atoms with Gasteiger partial charge in [-0.25, -0.2) is 0 Å². The van der Waals surface area contributed by atoms with Crippen molar-refractivity contribution in [3.8, 4) is 11.5 Å². The molecule has 40 heavy (non-hydrogen) atoms. The molecule has 0 amide bonds. The molecule has 1 saturated heterocycles. The molecule has 4 unspecified atom stereocenters. The standard InChI is InChI=1S/C34H58O6/c1-21(2)12-9-13-22(3)14-10-15-23(4)16-11-18-34(8)19-17-27-26(7)31(24(5)25(6)32(27)40-34)39-33-30(37)29(36)28(20-35)38-33/h21-23,28-30,33,35-37H,9-20H2,1-8H3/t22?,23?,28-,29-,30-,33?,34?/m1/s1. The van der Waals surface area contributed by atoms with Crippen LogP contribution in [0.3, 0.4) is 0 Å². The van der Waals surface area contributed by atoms with Crippen molar-refractivity contribution in [3.05, 3.63) is 22.3 Å². The van der Waals surface area contributed by atoms with Crippen LogP contribution in [0, 0.1) is 38.5 Å². The second-order valence-corrected chi connectivity index (χ2v) is 13.7. The summed E-state index contributed by atoms with van der Waals surface area (Å²) in [6.07, 6.45) is 9.22. The zero-order valence-corrected chi connectivity index (χ0v) is 26.6. The van der Waals surface area contributed by atoms with Crippen molar-refractivity contribution in [2.45, 2.75) is 156 Å². The molecule has 1 aromatic carbocycles. The minimum absolute atomic E-state index is 0.174. The molecule has 230 valence electrons. The quantitative estimate of drug-likeness (QED) is 0.214. The number of hydrogen-bond acceptors (Lipinski definition) is 6. The highest BCUT2D eigenvalue weighted by atomic mass is 16.7. The highest BCUT2D eigenvalue weighted by Crippen LogP contribution is 2.45. The highest BCUT2D eigenvalue weighted by molar-refractivity contribution is 5.59. The number of ether oxygens (including phenoxy) is 3. The van der Waals surface area contributed by atoms with Crippen LogP contribution in [0.1, 0.15) is 121 Å². The first-order valence-corrected chi connectivity index (χ1v) is 16.0. The van der Waals surface area contributed by atoms with E-state index in [1.165, 1.54) is 51.4 Å². The highest BCUT2D eigenvalue weighted by Gasteiger charge is 2.44. The predicted molar refractivity (Wildman–Crippen MR) is 161 cm³/mol. The topological polar surface area (TPSA) is 88.4 Å². The second kappa shape index (κ2) is 14.7. The summed E-state index contributed by atoms with van der Waals surface area (Å²) in [7, 11) is 0. The summed E-state index contributed by atoms with van der Waals surface area (Å²) in [5.74, 6) is 4.06. The van der Waals surface area contributed by atoms with Crippen molar-refractivity contribution in [2.24, 2.45) is 17.8 Å². The van der Waals surface area contributed by atoms with Crippen LogP contribution >= 0.6 is 0 Å². The van der Waals surface area contributed by atoms with E-state index in [1.54, 1.807) is 0 Å². The zero-order valence-electron chi connectivity index (χ0n) is 26.6. The molecule has 3 N–H and O–H groups in total. The third-order valence-electron chi connectivity index (χ3n) is 9.57. The third-order valence-corrected chi connectivity index (χ3v) is 9.57. The van der Waals surface area contributed by atoms with Gasteiger partial charge in [-0.15, -0.1) is 0 Å². The van der Waals surface area contributed by atoms with Crippen molar-refractivity contribution < 1.29 is 29.5 Å². The summed E-state index contributed by atoms with van der Waals surface area (Å²) in [6, 6.07) is 0. The summed E-state index contributed by atoms with van der Waals surface area (Å²) in [5, 5.41) is 29.9. The number of hydrogen-bond donors (Lipinski definition) is 3. The van der Waals surface area contributed by atoms with Gasteiger partial charge < -0.3 is 29.5 Å². The smallest absolute Gasteiger partial charge is 0.229 e. The van der Waals surface area contributed by atoms with Gasteiger partial charge in [0.05, 0.1) is 6.61 Å². The summed E-state index contributed by atoms with van der Waals surface area (Å²) in [4.78, 5) is 0. The van der Waals surface area contributed by atoms with E-state index in [2.05, 4.69) is 41.5 Å². The Morgan fingerprint density at radius 3 is 2.02 bits per heavy atom. The van der Waals surface area contributed by atoms with Gasteiger partial charge in [-0.3, -0.25) is 0 Å². The fraction of sp³-hybridized carbons (Fsp3) is 0.824. The minimum atomic E-state index is -1.22. The molecule has 2 aliphatic heterocycles. The molecule has 0 saturated carbocycles. The SMILES string of the molecule is Cc1c(C)c2c(c(C)c1OC1O[C@H](CO)[C@@H](O)[C@H]1O)CCC(C)(CCCC(C)CCCC(C)CCCC(C)C)O2. The first-order valence-electron chi connectivity index (χ1n) is 16.0. The molecule has 7 atom stereocenters. The van der Waals surface area contributed by atoms with Gasteiger partial charge in [0.25, 0.3) is 0 Å². The Balaban J connectivity index is 1.52. The Kier molecular flexibility index (Phi) is 12.2. The Labute approximate surface area is 243 Å². The average Bonchev–Trinajstić information content (AvgIpc) is 3.17. The van der Waals surface area contributed by atoms with E-state index in [-0.39, 0.29) is 12.2 Å². The van der Waals surface area contributed by atoms with E-state index in [9.17, 15) is 15.3 Å². The van der Waals surface area contributed by atoms with Crippen LogP contribution in [-0.4, -0.2) is 52.1 Å². The van der Waals surface area contributed by atoms with Gasteiger partial charge in [-0.2, -0.15) is 0 Å². The number of rotatable bonds is 15. The summed E-state index contributed by atoms with van der Waals surface area (Å²) >= 11 is 0. The van der Waals surface area contributed by atoms with Crippen molar-refractivity contribution in [1.82, 2.24) is 0 Å². The van der Waals surface area contributed by atoms with E-state index >= 15 is 0 Å². The van der Waals surface area contributed by atoms with Crippen LogP contribution < -0.4 is 9.47 Å². The fourth-order valence-corrected chi connectivity index (χ4v) is 6.52. The molecule has 1 fully saturated rings. The molecule has 0 aliphatic carbocycles. The van der Waals surface area contributed by atoms with Gasteiger partial charge in [0, 0.05) is 5.56 Å². The number of aliphatic hydroxyl groups is 3. The van der Waals surface area contributed by atoms with Gasteiger partial charge in [-0.05, 0) is 87.8 Å². The van der Waals surface area contributed by atoms with Crippen molar-refractivity contribution in [1.29, 1.82) is 0 Å². The van der Waals surface area contributed by atoms with E-state index in [4.69, 9.17) is 14.2 Å². The van der Waals surface area contributed by atoms with E-state index < -0.39 is 24.6 Å². The molecule has 0 bridgehead atoms. The lowest BCUT2D eigenvalue weighted by Crippen LogP contribution is -2.37. The maximum atomic E-state index is 10.4. The zero-order chi connectivity index (χ0) is 29.6. The van der Waals surface area contributed by atoms with Crippen LogP contribution in [0.25, 0.3) is 0 Å². The van der Waals surface area contributed by atoms with Crippen molar-refractivity contribution in [3.63, 3.8) is 0 Å². The third kappa shape index (κ3) is 8.36. The summed E-state index contributed by atoms with van der Waals surface area (Å²) in [5.41, 5.74) is 3.96. The lowest BCUT2D eigenvalue weighted by molar-refractivity contribution is -0.117. The molecule has 6 nitrogen and oxygen atoms in total. The number of fused-ring (bicyclic) bond motifs is 1. The summed E-state index contributed by atoms with van der Waals surface area (Å²) < 4.78 is 18.5. The first-order chi connectivity index (χ1) is 18.9. The van der Waals surface area contributed by atoms with Crippen LogP contribution in [0.5, 0.6) is 11.5 Å². The molecule has 2 aliphatic rings. The molecular formula is C34H58O6. The van der Waals surface area contributed by atoms with Crippen molar-refractivity contribution in [2.75, 3.05) is 6.61 Å². The first kappa shape index (κ1) is 33.2. The maximum absolute atomic E-state index is 10.4. The van der Waals surface area contributed by atoms with Crippen LogP contribution in [0.15, 0.2) is 0 Å². The molecule has 2 heterocycles. The fourth-order valence-electron chi connectivity index (χ4n) is 6.52. The molecule has 0 spiro atoms. The normalized spacial score (nSPS) is 27.9. The minimum Gasteiger partial charge on any atom is -0.487 e. The number of aliphatic hydroxyl groups excluding tert-OH is 3. The van der Waals surface area contributed by atoms with Gasteiger partial charge in [0.2, 0.25) is 6.29 Å². The monoisotopic (exact) mass is 562 g/mol. The van der Waals surface area contributed by atoms with Crippen LogP contribution in [-0.2, 0) is 11.2 Å². The Hall–Kier alpha value is -1.34. The molecular weight excluding hydrogens is 504 g/mol. The van der Waals surface area contributed by atoms with Gasteiger partial charge in [0.15, 0.2) is 0 Å². The van der Waals surface area contributed by atoms with Gasteiger partial charge in [-0.1, -0.05) is 72.6 Å². The van der Waals surface area contributed by atoms with E-state index in [0.29, 0.717) is 5.75 Å². The average molecular weight is 563 g/mol. The molecule has 1 aromatic rings. The Morgan fingerprint density at radius 1 is 0.850 bits per heavy atom. The summed E-state index contributed by atoms with van der Waals surface area (Å²) in [6.45, 7) is 17.5. The van der Waals surface area contributed by atoms with E-state index in [0.717, 1.165) is 65.0 Å². The second-order valence-electron chi connectivity index (χ2n) is 13.7. The Morgan fingerprint density at radius 2 is 1.45 bits per heavy atom. The largest absolute Gasteiger partial charge is 0.487 e. The van der Waals surface area contributed by atoms with Crippen LogP contribution in [0.4, 0.5) is 0 Å². The molecule has 0 aromatic heterocycles. The Bertz CT molecular complexity index is 945. The van der Waals surface area contributed by atoms with Gasteiger partial charge in [0.1, 0.15) is 35.4 Å². The molecule has 0 radical (unpaired) electrons. The van der Waals surface area contributed by atoms with Crippen LogP contribution in [0.2, 0.25) is 0 Å². The lowest BCUT2D eigenvalue weighted by Gasteiger charge is -2.38. The molecule has 3 rings (SSSR count). The van der Waals surface area contributed by atoms with Gasteiger partial charge >= 0.3 is 0 Å². The predicted octanol–water partition coefficient (Wildman–Crippen LogP) is 6.95.